The summed E-state index contributed by atoms with van der Waals surface area (Å²) in [5.74, 6) is 0.175. The molecule has 1 fully saturated rings. The van der Waals surface area contributed by atoms with Gasteiger partial charge in [-0.2, -0.15) is 0 Å². The van der Waals surface area contributed by atoms with E-state index in [2.05, 4.69) is 5.32 Å². The zero-order valence-electron chi connectivity index (χ0n) is 19.6. The second-order valence-corrected chi connectivity index (χ2v) is 7.51. The molecule has 0 radical (unpaired) electrons. The Morgan fingerprint density at radius 3 is 2.35 bits per heavy atom. The number of amides is 2. The van der Waals surface area contributed by atoms with Crippen LogP contribution in [0.1, 0.15) is 12.0 Å². The third kappa shape index (κ3) is 5.69. The van der Waals surface area contributed by atoms with Crippen molar-refractivity contribution in [2.75, 3.05) is 46.5 Å². The van der Waals surface area contributed by atoms with E-state index in [1.807, 2.05) is 0 Å². The zero-order valence-corrected chi connectivity index (χ0v) is 19.6. The van der Waals surface area contributed by atoms with E-state index >= 15 is 0 Å². The number of nitrogens with one attached hydrogen (secondary N) is 1. The second kappa shape index (κ2) is 11.3. The van der Waals surface area contributed by atoms with Crippen LogP contribution in [0.15, 0.2) is 36.4 Å². The molecule has 1 unspecified atom stereocenters. The predicted octanol–water partition coefficient (Wildman–Crippen LogP) is 1.93. The third-order valence-electron chi connectivity index (χ3n) is 5.43. The summed E-state index contributed by atoms with van der Waals surface area (Å²) in [7, 11) is 6.07. The maximum atomic E-state index is 12.5. The molecule has 0 saturated carbocycles. The smallest absolute Gasteiger partial charge is 0.311 e. The Bertz CT molecular complexity index is 1060. The summed E-state index contributed by atoms with van der Waals surface area (Å²) < 4.78 is 26.2. The molecule has 0 aromatic heterocycles. The van der Waals surface area contributed by atoms with E-state index in [-0.39, 0.29) is 25.4 Å². The second-order valence-electron chi connectivity index (χ2n) is 7.51. The van der Waals surface area contributed by atoms with Gasteiger partial charge in [-0.25, -0.2) is 0 Å². The first-order chi connectivity index (χ1) is 16.4. The van der Waals surface area contributed by atoms with Crippen molar-refractivity contribution >= 4 is 23.5 Å². The highest BCUT2D eigenvalue weighted by atomic mass is 16.5. The van der Waals surface area contributed by atoms with Crippen LogP contribution in [-0.2, 0) is 25.7 Å². The van der Waals surface area contributed by atoms with E-state index in [9.17, 15) is 14.4 Å². The highest BCUT2D eigenvalue weighted by Gasteiger charge is 2.36. The molecule has 3 rings (SSSR count). The number of benzene rings is 2. The number of esters is 1. The minimum atomic E-state index is -0.655. The van der Waals surface area contributed by atoms with Crippen molar-refractivity contribution in [2.24, 2.45) is 5.92 Å². The number of hydrogen-bond acceptors (Lipinski definition) is 8. The van der Waals surface area contributed by atoms with Gasteiger partial charge < -0.3 is 33.9 Å². The van der Waals surface area contributed by atoms with Gasteiger partial charge in [0.25, 0.3) is 5.91 Å². The van der Waals surface area contributed by atoms with Crippen LogP contribution in [0.5, 0.6) is 23.0 Å². The Morgan fingerprint density at radius 1 is 0.971 bits per heavy atom. The molecule has 1 aliphatic heterocycles. The van der Waals surface area contributed by atoms with E-state index in [1.54, 1.807) is 36.4 Å². The average Bonchev–Trinajstić information content (AvgIpc) is 3.26. The molecule has 2 aromatic rings. The molecule has 0 spiro atoms. The van der Waals surface area contributed by atoms with Crippen molar-refractivity contribution in [2.45, 2.75) is 13.0 Å². The first-order valence-corrected chi connectivity index (χ1v) is 10.6. The molecule has 10 nitrogen and oxygen atoms in total. The van der Waals surface area contributed by atoms with Gasteiger partial charge in [-0.3, -0.25) is 14.4 Å². The average molecular weight is 472 g/mol. The van der Waals surface area contributed by atoms with Gasteiger partial charge in [-0.05, 0) is 18.2 Å². The Kier molecular flexibility index (Phi) is 8.18. The van der Waals surface area contributed by atoms with Crippen molar-refractivity contribution in [3.8, 4) is 23.0 Å². The Balaban J connectivity index is 1.52. The Labute approximate surface area is 197 Å². The maximum absolute atomic E-state index is 12.5. The lowest BCUT2D eigenvalue weighted by atomic mass is 10.1. The van der Waals surface area contributed by atoms with E-state index in [4.69, 9.17) is 23.7 Å². The Morgan fingerprint density at radius 2 is 1.68 bits per heavy atom. The lowest BCUT2D eigenvalue weighted by Crippen LogP contribution is -2.31. The van der Waals surface area contributed by atoms with Gasteiger partial charge in [0.15, 0.2) is 18.1 Å². The van der Waals surface area contributed by atoms with Crippen LogP contribution in [-0.4, -0.2) is 59.4 Å². The first-order valence-electron chi connectivity index (χ1n) is 10.6. The van der Waals surface area contributed by atoms with Crippen LogP contribution in [0.4, 0.5) is 5.69 Å². The molecule has 2 aromatic carbocycles. The summed E-state index contributed by atoms with van der Waals surface area (Å²) >= 11 is 0. The molecule has 1 heterocycles. The van der Waals surface area contributed by atoms with E-state index < -0.39 is 24.4 Å². The quantitative estimate of drug-likeness (QED) is 0.522. The maximum Gasteiger partial charge on any atom is 0.311 e. The topological polar surface area (TPSA) is 113 Å². The van der Waals surface area contributed by atoms with Crippen molar-refractivity contribution in [1.82, 2.24) is 5.32 Å². The third-order valence-corrected chi connectivity index (χ3v) is 5.43. The fraction of sp³-hybridized carbons (Fsp3) is 0.375. The van der Waals surface area contributed by atoms with Gasteiger partial charge in [-0.15, -0.1) is 0 Å². The highest BCUT2D eigenvalue weighted by molar-refractivity contribution is 5.99. The molecular weight excluding hydrogens is 444 g/mol. The molecule has 34 heavy (non-hydrogen) atoms. The van der Waals surface area contributed by atoms with E-state index in [0.717, 1.165) is 0 Å². The van der Waals surface area contributed by atoms with Gasteiger partial charge in [0.2, 0.25) is 5.91 Å². The number of carbonyl (C=O) groups is 3. The Hall–Kier alpha value is -3.95. The minimum Gasteiger partial charge on any atom is -0.497 e. The number of methoxy groups -OCH3 is 4. The predicted molar refractivity (Wildman–Crippen MR) is 122 cm³/mol. The van der Waals surface area contributed by atoms with E-state index in [0.29, 0.717) is 34.2 Å². The molecule has 1 N–H and O–H groups in total. The summed E-state index contributed by atoms with van der Waals surface area (Å²) in [4.78, 5) is 38.6. The van der Waals surface area contributed by atoms with Crippen LogP contribution in [0.25, 0.3) is 0 Å². The van der Waals surface area contributed by atoms with Gasteiger partial charge >= 0.3 is 5.97 Å². The van der Waals surface area contributed by atoms with Crippen LogP contribution in [0, 0.1) is 5.92 Å². The molecule has 1 saturated heterocycles. The van der Waals surface area contributed by atoms with E-state index in [1.165, 1.54) is 33.3 Å². The summed E-state index contributed by atoms with van der Waals surface area (Å²) in [5.41, 5.74) is 1.30. The number of anilines is 1. The highest BCUT2D eigenvalue weighted by Crippen LogP contribution is 2.34. The van der Waals surface area contributed by atoms with Crippen molar-refractivity contribution in [3.63, 3.8) is 0 Å². The standard InChI is InChI=1S/C24H28N2O8/c1-30-18-7-5-6-17(10-18)26-13-16(9-23(26)28)24(29)34-14-22(27)25-12-15-8-20(32-3)21(33-4)11-19(15)31-2/h5-8,10-11,16H,9,12-14H2,1-4H3,(H,25,27). The molecule has 1 aliphatic rings. The van der Waals surface area contributed by atoms with Crippen molar-refractivity contribution in [1.29, 1.82) is 0 Å². The monoisotopic (exact) mass is 472 g/mol. The zero-order chi connectivity index (χ0) is 24.7. The molecule has 2 amide bonds. The fourth-order valence-electron chi connectivity index (χ4n) is 3.62. The minimum absolute atomic E-state index is 0.0144. The number of rotatable bonds is 10. The van der Waals surface area contributed by atoms with Gasteiger partial charge in [0.1, 0.15) is 11.5 Å². The number of nitrogens with zero attached hydrogens (tertiary/aromatic N) is 1. The fourth-order valence-corrected chi connectivity index (χ4v) is 3.62. The largest absolute Gasteiger partial charge is 0.497 e. The SMILES string of the molecule is COc1cccc(N2CC(C(=O)OCC(=O)NCc3cc(OC)c(OC)cc3OC)CC2=O)c1. The van der Waals surface area contributed by atoms with Crippen LogP contribution in [0.3, 0.4) is 0 Å². The molecule has 1 atom stereocenters. The lowest BCUT2D eigenvalue weighted by Gasteiger charge is -2.17. The molecule has 0 aliphatic carbocycles. The van der Waals surface area contributed by atoms with Crippen LogP contribution < -0.4 is 29.2 Å². The number of ether oxygens (including phenoxy) is 5. The summed E-state index contributed by atoms with van der Waals surface area (Å²) in [6.07, 6.45) is 0.0144. The van der Waals surface area contributed by atoms with Gasteiger partial charge in [-0.1, -0.05) is 6.07 Å². The van der Waals surface area contributed by atoms with Crippen LogP contribution >= 0.6 is 0 Å². The number of carbonyl (C=O) groups excluding carboxylic acids is 3. The molecule has 0 bridgehead atoms. The van der Waals surface area contributed by atoms with Crippen LogP contribution in [0.2, 0.25) is 0 Å². The van der Waals surface area contributed by atoms with Crippen molar-refractivity contribution in [3.05, 3.63) is 42.0 Å². The molecular formula is C24H28N2O8. The summed E-state index contributed by atoms with van der Waals surface area (Å²) in [5, 5.41) is 2.68. The van der Waals surface area contributed by atoms with Gasteiger partial charge in [0.05, 0.1) is 34.4 Å². The summed E-state index contributed by atoms with van der Waals surface area (Å²) in [6, 6.07) is 10.4. The first kappa shape index (κ1) is 24.7. The van der Waals surface area contributed by atoms with Gasteiger partial charge in [0, 0.05) is 42.9 Å². The molecule has 10 heteroatoms. The molecule has 182 valence electrons. The summed E-state index contributed by atoms with van der Waals surface area (Å²) in [6.45, 7) is -0.154. The normalized spacial score (nSPS) is 15.0. The lowest BCUT2D eigenvalue weighted by molar-refractivity contribution is -0.152. The van der Waals surface area contributed by atoms with Crippen molar-refractivity contribution < 1.29 is 38.1 Å². The number of hydrogen-bond donors (Lipinski definition) is 1.